The summed E-state index contributed by atoms with van der Waals surface area (Å²) in [4.78, 5) is 28.1. The molecule has 1 aliphatic rings. The van der Waals surface area contributed by atoms with E-state index < -0.39 is 0 Å². The maximum absolute atomic E-state index is 13.2. The lowest BCUT2D eigenvalue weighted by atomic mass is 10.0. The predicted octanol–water partition coefficient (Wildman–Crippen LogP) is 5.03. The van der Waals surface area contributed by atoms with Crippen molar-refractivity contribution in [1.29, 1.82) is 0 Å². The number of benzene rings is 1. The number of amides is 1. The second-order valence-corrected chi connectivity index (χ2v) is 11.1. The van der Waals surface area contributed by atoms with Gasteiger partial charge in [0.15, 0.2) is 16.8 Å². The number of nitrogens with one attached hydrogen (secondary N) is 1. The average molecular weight is 541 g/mol. The van der Waals surface area contributed by atoms with Gasteiger partial charge in [-0.3, -0.25) is 14.2 Å². The summed E-state index contributed by atoms with van der Waals surface area (Å²) in [5.74, 6) is 1.26. The van der Waals surface area contributed by atoms with E-state index in [9.17, 15) is 9.59 Å². The molecule has 5 rings (SSSR count). The van der Waals surface area contributed by atoms with Gasteiger partial charge in [0.05, 0.1) is 24.1 Å². The molecule has 3 heterocycles. The van der Waals surface area contributed by atoms with Crippen LogP contribution in [0.5, 0.6) is 5.75 Å². The van der Waals surface area contributed by atoms with Crippen LogP contribution in [0.25, 0.3) is 10.7 Å². The predicted molar refractivity (Wildman–Crippen MR) is 141 cm³/mol. The molecular formula is C24H24N6O3S3. The zero-order valence-corrected chi connectivity index (χ0v) is 22.4. The number of carbonyl (C=O) groups excluding carboxylic acids is 2. The molecule has 0 aliphatic heterocycles. The topological polar surface area (TPSA) is 112 Å². The van der Waals surface area contributed by atoms with Gasteiger partial charge in [0.2, 0.25) is 5.91 Å². The number of methoxy groups -OCH3 is 1. The van der Waals surface area contributed by atoms with E-state index in [1.54, 1.807) is 31.4 Å². The number of rotatable bonds is 10. The Morgan fingerprint density at radius 2 is 1.97 bits per heavy atom. The van der Waals surface area contributed by atoms with Crippen LogP contribution < -0.4 is 10.1 Å². The summed E-state index contributed by atoms with van der Waals surface area (Å²) in [6, 6.07) is 9.16. The summed E-state index contributed by atoms with van der Waals surface area (Å²) >= 11 is 4.07. The number of hydrogen-bond acceptors (Lipinski definition) is 10. The Kier molecular flexibility index (Phi) is 7.17. The molecule has 1 aliphatic carbocycles. The molecule has 0 unspecified atom stereocenters. The van der Waals surface area contributed by atoms with E-state index in [0.717, 1.165) is 40.5 Å². The highest BCUT2D eigenvalue weighted by atomic mass is 32.2. The Labute approximate surface area is 220 Å². The number of carbonyl (C=O) groups is 2. The first kappa shape index (κ1) is 24.6. The van der Waals surface area contributed by atoms with Crippen molar-refractivity contribution in [2.24, 2.45) is 0 Å². The van der Waals surface area contributed by atoms with Crippen LogP contribution in [0.2, 0.25) is 0 Å². The summed E-state index contributed by atoms with van der Waals surface area (Å²) in [6.45, 7) is 3.93. The molecule has 0 radical (unpaired) electrons. The molecule has 0 saturated heterocycles. The van der Waals surface area contributed by atoms with Gasteiger partial charge in [-0.15, -0.1) is 26.6 Å². The number of ether oxygens (including phenoxy) is 1. The van der Waals surface area contributed by atoms with Gasteiger partial charge in [-0.05, 0) is 68.1 Å². The van der Waals surface area contributed by atoms with Crippen molar-refractivity contribution >= 4 is 51.3 Å². The third-order valence-corrected chi connectivity index (χ3v) is 8.71. The quantitative estimate of drug-likeness (QED) is 0.220. The van der Waals surface area contributed by atoms with Crippen LogP contribution in [-0.4, -0.2) is 48.9 Å². The van der Waals surface area contributed by atoms with Crippen molar-refractivity contribution in [3.05, 3.63) is 52.0 Å². The maximum Gasteiger partial charge on any atom is 0.235 e. The SMILES string of the molecule is CCc1cc(C(=O)c2ccc(OC)cc2)c(NC(=O)CSc2nnc(-c3snnc3C)n2C2CC2)s1. The molecule has 1 N–H and O–H groups in total. The Balaban J connectivity index is 1.31. The number of ketones is 1. The maximum atomic E-state index is 13.2. The fraction of sp³-hybridized carbons (Fsp3) is 0.333. The zero-order chi connectivity index (χ0) is 25.2. The molecule has 1 aromatic carbocycles. The zero-order valence-electron chi connectivity index (χ0n) is 20.0. The van der Waals surface area contributed by atoms with E-state index in [1.165, 1.54) is 34.6 Å². The molecule has 3 aromatic heterocycles. The summed E-state index contributed by atoms with van der Waals surface area (Å²) < 4.78 is 11.3. The van der Waals surface area contributed by atoms with E-state index in [2.05, 4.69) is 29.7 Å². The molecule has 0 bridgehead atoms. The number of aromatic nitrogens is 5. The molecule has 1 fully saturated rings. The van der Waals surface area contributed by atoms with Gasteiger partial charge in [0.1, 0.15) is 15.6 Å². The number of thioether (sulfide) groups is 1. The Bertz CT molecular complexity index is 1400. The average Bonchev–Trinajstić information content (AvgIpc) is 3.30. The normalized spacial score (nSPS) is 13.1. The van der Waals surface area contributed by atoms with Gasteiger partial charge in [-0.2, -0.15) is 0 Å². The minimum Gasteiger partial charge on any atom is -0.497 e. The van der Waals surface area contributed by atoms with Crippen LogP contribution in [0.3, 0.4) is 0 Å². The monoisotopic (exact) mass is 540 g/mol. The summed E-state index contributed by atoms with van der Waals surface area (Å²) in [5, 5.41) is 17.0. The largest absolute Gasteiger partial charge is 0.497 e. The number of anilines is 1. The van der Waals surface area contributed by atoms with Crippen LogP contribution in [-0.2, 0) is 11.2 Å². The van der Waals surface area contributed by atoms with Crippen molar-refractivity contribution in [1.82, 2.24) is 24.4 Å². The first-order chi connectivity index (χ1) is 17.5. The Hall–Kier alpha value is -3.09. The van der Waals surface area contributed by atoms with E-state index in [4.69, 9.17) is 4.74 Å². The second kappa shape index (κ2) is 10.5. The molecule has 0 atom stereocenters. The van der Waals surface area contributed by atoms with E-state index >= 15 is 0 Å². The highest BCUT2D eigenvalue weighted by Gasteiger charge is 2.31. The molecule has 12 heteroatoms. The summed E-state index contributed by atoms with van der Waals surface area (Å²) in [6.07, 6.45) is 2.89. The van der Waals surface area contributed by atoms with Crippen LogP contribution in [0.15, 0.2) is 35.5 Å². The van der Waals surface area contributed by atoms with Gasteiger partial charge >= 0.3 is 0 Å². The molecule has 36 heavy (non-hydrogen) atoms. The highest BCUT2D eigenvalue weighted by molar-refractivity contribution is 7.99. The van der Waals surface area contributed by atoms with Crippen molar-refractivity contribution < 1.29 is 14.3 Å². The molecule has 1 amide bonds. The van der Waals surface area contributed by atoms with Gasteiger partial charge in [0, 0.05) is 16.5 Å². The van der Waals surface area contributed by atoms with Gasteiger partial charge < -0.3 is 10.1 Å². The van der Waals surface area contributed by atoms with Crippen LogP contribution in [0.1, 0.15) is 52.3 Å². The second-order valence-electron chi connectivity index (χ2n) is 8.30. The first-order valence-electron chi connectivity index (χ1n) is 11.5. The fourth-order valence-electron chi connectivity index (χ4n) is 3.70. The molecule has 1 saturated carbocycles. The Morgan fingerprint density at radius 1 is 1.19 bits per heavy atom. The number of nitrogens with zero attached hydrogens (tertiary/aromatic N) is 5. The van der Waals surface area contributed by atoms with Crippen LogP contribution >= 0.6 is 34.6 Å². The lowest BCUT2D eigenvalue weighted by Gasteiger charge is -2.09. The molecule has 186 valence electrons. The van der Waals surface area contributed by atoms with Gasteiger partial charge in [-0.25, -0.2) is 0 Å². The third-order valence-electron chi connectivity index (χ3n) is 5.74. The van der Waals surface area contributed by atoms with E-state index in [0.29, 0.717) is 33.1 Å². The number of hydrogen-bond donors (Lipinski definition) is 1. The molecule has 9 nitrogen and oxygen atoms in total. The molecule has 4 aromatic rings. The lowest BCUT2D eigenvalue weighted by Crippen LogP contribution is -2.16. The van der Waals surface area contributed by atoms with Crippen molar-refractivity contribution in [3.8, 4) is 16.5 Å². The minimum atomic E-state index is -0.198. The highest BCUT2D eigenvalue weighted by Crippen LogP contribution is 2.42. The van der Waals surface area contributed by atoms with Crippen LogP contribution in [0, 0.1) is 6.92 Å². The number of aryl methyl sites for hydroxylation is 2. The third kappa shape index (κ3) is 5.06. The number of thiophene rings is 1. The summed E-state index contributed by atoms with van der Waals surface area (Å²) in [7, 11) is 1.58. The van der Waals surface area contributed by atoms with E-state index in [-0.39, 0.29) is 17.4 Å². The smallest absolute Gasteiger partial charge is 0.235 e. The standard InChI is InChI=1S/C24H24N6O3S3/c1-4-17-11-18(20(32)14-5-9-16(33-3)10-6-14)23(35-17)25-19(31)12-34-24-28-27-22(30(24)15-7-8-15)21-13(2)26-29-36-21/h5-6,9-11,15H,4,7-8,12H2,1-3H3,(H,25,31). The lowest BCUT2D eigenvalue weighted by molar-refractivity contribution is -0.113. The van der Waals surface area contributed by atoms with Crippen LogP contribution in [0.4, 0.5) is 5.00 Å². The Morgan fingerprint density at radius 3 is 2.61 bits per heavy atom. The van der Waals surface area contributed by atoms with Gasteiger partial charge in [-0.1, -0.05) is 23.2 Å². The first-order valence-corrected chi connectivity index (χ1v) is 14.0. The fourth-order valence-corrected chi connectivity index (χ4v) is 6.15. The minimum absolute atomic E-state index is 0.136. The van der Waals surface area contributed by atoms with Crippen molar-refractivity contribution in [3.63, 3.8) is 0 Å². The molecular weight excluding hydrogens is 517 g/mol. The van der Waals surface area contributed by atoms with Gasteiger partial charge in [0.25, 0.3) is 0 Å². The van der Waals surface area contributed by atoms with Crippen molar-refractivity contribution in [2.45, 2.75) is 44.3 Å². The summed E-state index contributed by atoms with van der Waals surface area (Å²) in [5.41, 5.74) is 1.86. The molecule has 0 spiro atoms. The van der Waals surface area contributed by atoms with Crippen molar-refractivity contribution in [2.75, 3.05) is 18.2 Å². The van der Waals surface area contributed by atoms with E-state index in [1.807, 2.05) is 19.9 Å².